The van der Waals surface area contributed by atoms with Gasteiger partial charge in [-0.3, -0.25) is 0 Å². The van der Waals surface area contributed by atoms with Crippen LogP contribution in [0.15, 0.2) is 0 Å². The highest BCUT2D eigenvalue weighted by Crippen LogP contribution is 2.51. The minimum absolute atomic E-state index is 0.315. The summed E-state index contributed by atoms with van der Waals surface area (Å²) in [6, 6.07) is 0.649. The molecule has 18 heavy (non-hydrogen) atoms. The van der Waals surface area contributed by atoms with E-state index in [-0.39, 0.29) is 0 Å². The van der Waals surface area contributed by atoms with Crippen molar-refractivity contribution in [1.29, 1.82) is 0 Å². The number of hydrogen-bond donors (Lipinski definition) is 1. The second kappa shape index (κ2) is 5.89. The Morgan fingerprint density at radius 3 is 2.83 bits per heavy atom. The van der Waals surface area contributed by atoms with E-state index in [1.54, 1.807) is 0 Å². The van der Waals surface area contributed by atoms with Crippen LogP contribution in [-0.4, -0.2) is 38.0 Å². The van der Waals surface area contributed by atoms with Crippen LogP contribution in [0.5, 0.6) is 0 Å². The first-order chi connectivity index (χ1) is 8.53. The standard InChI is InChI=1S/C15H29NO2/c1-11(2)17-9-6-5-8-16-13-12-7-10-18-14(12)15(13,3)4/h11-14,16H,5-10H2,1-4H3. The third kappa shape index (κ3) is 2.89. The van der Waals surface area contributed by atoms with Gasteiger partial charge in [0.2, 0.25) is 0 Å². The molecule has 2 aliphatic rings. The molecule has 3 unspecified atom stereocenters. The van der Waals surface area contributed by atoms with Gasteiger partial charge < -0.3 is 14.8 Å². The predicted molar refractivity (Wildman–Crippen MR) is 73.7 cm³/mol. The molecular weight excluding hydrogens is 226 g/mol. The van der Waals surface area contributed by atoms with E-state index in [1.165, 1.54) is 12.8 Å². The Hall–Kier alpha value is -0.120. The summed E-state index contributed by atoms with van der Waals surface area (Å²) < 4.78 is 11.4. The lowest BCUT2D eigenvalue weighted by Gasteiger charge is -2.55. The molecule has 2 fully saturated rings. The summed E-state index contributed by atoms with van der Waals surface area (Å²) in [6.07, 6.45) is 4.46. The minimum atomic E-state index is 0.315. The first-order valence-corrected chi connectivity index (χ1v) is 7.50. The predicted octanol–water partition coefficient (Wildman–Crippen LogP) is 2.59. The van der Waals surface area contributed by atoms with Crippen molar-refractivity contribution >= 4 is 0 Å². The van der Waals surface area contributed by atoms with E-state index in [2.05, 4.69) is 33.0 Å². The number of hydrogen-bond acceptors (Lipinski definition) is 3. The first kappa shape index (κ1) is 14.3. The van der Waals surface area contributed by atoms with Gasteiger partial charge in [0.25, 0.3) is 0 Å². The van der Waals surface area contributed by atoms with Crippen molar-refractivity contribution in [2.75, 3.05) is 19.8 Å². The molecule has 0 spiro atoms. The van der Waals surface area contributed by atoms with Gasteiger partial charge >= 0.3 is 0 Å². The fraction of sp³-hybridized carbons (Fsp3) is 1.00. The van der Waals surface area contributed by atoms with Gasteiger partial charge in [0.1, 0.15) is 0 Å². The van der Waals surface area contributed by atoms with E-state index in [4.69, 9.17) is 9.47 Å². The minimum Gasteiger partial charge on any atom is -0.379 e. The summed E-state index contributed by atoms with van der Waals surface area (Å²) in [7, 11) is 0. The second-order valence-corrected chi connectivity index (χ2v) is 6.62. The third-order valence-electron chi connectivity index (χ3n) is 4.49. The lowest BCUT2D eigenvalue weighted by Crippen LogP contribution is -2.65. The number of nitrogens with one attached hydrogen (secondary N) is 1. The van der Waals surface area contributed by atoms with Crippen LogP contribution in [0.1, 0.15) is 47.0 Å². The summed E-state index contributed by atoms with van der Waals surface area (Å²) in [6.45, 7) is 11.8. The topological polar surface area (TPSA) is 30.5 Å². The van der Waals surface area contributed by atoms with Crippen LogP contribution >= 0.6 is 0 Å². The Bertz CT molecular complexity index is 265. The summed E-state index contributed by atoms with van der Waals surface area (Å²) in [5, 5.41) is 3.73. The Morgan fingerprint density at radius 2 is 2.11 bits per heavy atom. The molecule has 106 valence electrons. The van der Waals surface area contributed by atoms with E-state index in [0.717, 1.165) is 32.1 Å². The van der Waals surface area contributed by atoms with Crippen LogP contribution in [0, 0.1) is 11.3 Å². The number of ether oxygens (including phenoxy) is 2. The van der Waals surface area contributed by atoms with Crippen molar-refractivity contribution in [3.05, 3.63) is 0 Å². The van der Waals surface area contributed by atoms with Crippen LogP contribution in [0.3, 0.4) is 0 Å². The number of rotatable bonds is 7. The molecule has 1 saturated heterocycles. The molecule has 1 saturated carbocycles. The van der Waals surface area contributed by atoms with Crippen LogP contribution in [0.4, 0.5) is 0 Å². The van der Waals surface area contributed by atoms with Gasteiger partial charge in [-0.05, 0) is 39.7 Å². The van der Waals surface area contributed by atoms with Crippen molar-refractivity contribution in [1.82, 2.24) is 5.32 Å². The molecule has 1 aliphatic heterocycles. The van der Waals surface area contributed by atoms with Gasteiger partial charge in [-0.15, -0.1) is 0 Å². The van der Waals surface area contributed by atoms with E-state index in [9.17, 15) is 0 Å². The fourth-order valence-electron chi connectivity index (χ4n) is 3.54. The van der Waals surface area contributed by atoms with E-state index >= 15 is 0 Å². The molecule has 3 nitrogen and oxygen atoms in total. The zero-order valence-electron chi connectivity index (χ0n) is 12.4. The Labute approximate surface area is 112 Å². The Balaban J connectivity index is 1.59. The average Bonchev–Trinajstić information content (AvgIpc) is 2.73. The highest BCUT2D eigenvalue weighted by atomic mass is 16.5. The van der Waals surface area contributed by atoms with Crippen molar-refractivity contribution in [3.8, 4) is 0 Å². The molecule has 0 aromatic heterocycles. The van der Waals surface area contributed by atoms with Crippen LogP contribution in [-0.2, 0) is 9.47 Å². The Kier molecular flexibility index (Phi) is 4.68. The lowest BCUT2D eigenvalue weighted by atomic mass is 9.57. The largest absolute Gasteiger partial charge is 0.379 e. The van der Waals surface area contributed by atoms with Crippen LogP contribution < -0.4 is 5.32 Å². The quantitative estimate of drug-likeness (QED) is 0.709. The molecule has 3 heteroatoms. The molecule has 0 amide bonds. The SMILES string of the molecule is CC(C)OCCCCNC1C2CCOC2C1(C)C. The maximum Gasteiger partial charge on any atom is 0.0685 e. The average molecular weight is 255 g/mol. The van der Waals surface area contributed by atoms with Crippen molar-refractivity contribution < 1.29 is 9.47 Å². The van der Waals surface area contributed by atoms with E-state index in [1.807, 2.05) is 0 Å². The molecule has 2 rings (SSSR count). The lowest BCUT2D eigenvalue weighted by molar-refractivity contribution is -0.112. The number of unbranched alkanes of at least 4 members (excludes halogenated alkanes) is 1. The molecule has 1 heterocycles. The zero-order valence-corrected chi connectivity index (χ0v) is 12.4. The van der Waals surface area contributed by atoms with Crippen molar-refractivity contribution in [2.45, 2.75) is 65.2 Å². The van der Waals surface area contributed by atoms with E-state index < -0.39 is 0 Å². The smallest absolute Gasteiger partial charge is 0.0685 e. The van der Waals surface area contributed by atoms with Crippen molar-refractivity contribution in [2.24, 2.45) is 11.3 Å². The third-order valence-corrected chi connectivity index (χ3v) is 4.49. The molecule has 0 aromatic carbocycles. The van der Waals surface area contributed by atoms with Crippen LogP contribution in [0.2, 0.25) is 0 Å². The molecule has 1 aliphatic carbocycles. The van der Waals surface area contributed by atoms with Gasteiger partial charge in [0.15, 0.2) is 0 Å². The van der Waals surface area contributed by atoms with E-state index in [0.29, 0.717) is 23.7 Å². The monoisotopic (exact) mass is 255 g/mol. The second-order valence-electron chi connectivity index (χ2n) is 6.62. The van der Waals surface area contributed by atoms with Crippen molar-refractivity contribution in [3.63, 3.8) is 0 Å². The highest BCUT2D eigenvalue weighted by molar-refractivity contribution is 5.11. The zero-order chi connectivity index (χ0) is 13.2. The van der Waals surface area contributed by atoms with Gasteiger partial charge in [-0.1, -0.05) is 13.8 Å². The maximum absolute atomic E-state index is 5.81. The van der Waals surface area contributed by atoms with Gasteiger partial charge in [-0.2, -0.15) is 0 Å². The number of fused-ring (bicyclic) bond motifs is 1. The summed E-state index contributed by atoms with van der Waals surface area (Å²) in [5.41, 5.74) is 0.315. The molecule has 1 N–H and O–H groups in total. The first-order valence-electron chi connectivity index (χ1n) is 7.50. The molecule has 0 radical (unpaired) electrons. The molecule has 0 bridgehead atoms. The maximum atomic E-state index is 5.81. The molecule has 3 atom stereocenters. The highest BCUT2D eigenvalue weighted by Gasteiger charge is 2.58. The molecular formula is C15H29NO2. The summed E-state index contributed by atoms with van der Waals surface area (Å²) in [4.78, 5) is 0. The summed E-state index contributed by atoms with van der Waals surface area (Å²) in [5.74, 6) is 0.756. The van der Waals surface area contributed by atoms with Gasteiger partial charge in [0, 0.05) is 30.6 Å². The van der Waals surface area contributed by atoms with Gasteiger partial charge in [-0.25, -0.2) is 0 Å². The van der Waals surface area contributed by atoms with Gasteiger partial charge in [0.05, 0.1) is 12.2 Å². The normalized spacial score (nSPS) is 33.5. The fourth-order valence-corrected chi connectivity index (χ4v) is 3.54. The van der Waals surface area contributed by atoms with Crippen LogP contribution in [0.25, 0.3) is 0 Å². The molecule has 0 aromatic rings. The Morgan fingerprint density at radius 1 is 1.33 bits per heavy atom. The summed E-state index contributed by atoms with van der Waals surface area (Å²) >= 11 is 0.